The van der Waals surface area contributed by atoms with E-state index in [0.717, 1.165) is 11.6 Å². The van der Waals surface area contributed by atoms with Crippen LogP contribution in [0.15, 0.2) is 48.5 Å². The Labute approximate surface area is 125 Å². The predicted molar refractivity (Wildman–Crippen MR) is 79.4 cm³/mol. The molecule has 8 nitrogen and oxygen atoms in total. The number of hydroxylamine groups is 1. The quantitative estimate of drug-likeness (QED) is 0.600. The Bertz CT molecular complexity index is 690. The third-order valence-electron chi connectivity index (χ3n) is 2.97. The van der Waals surface area contributed by atoms with Crippen LogP contribution in [0.3, 0.4) is 0 Å². The smallest absolute Gasteiger partial charge is 0.269 e. The molecule has 0 aliphatic rings. The summed E-state index contributed by atoms with van der Waals surface area (Å²) in [7, 11) is 1.51. The number of nitro benzene ring substituents is 2. The van der Waals surface area contributed by atoms with E-state index in [1.165, 1.54) is 24.2 Å². The second-order valence-electron chi connectivity index (χ2n) is 4.44. The second kappa shape index (κ2) is 6.64. The van der Waals surface area contributed by atoms with E-state index >= 15 is 0 Å². The summed E-state index contributed by atoms with van der Waals surface area (Å²) in [5.74, 6) is 0. The molecule has 0 spiro atoms. The number of hydrogen-bond donors (Lipinski definition) is 0. The minimum absolute atomic E-state index is 0.145. The average molecular weight is 303 g/mol. The lowest BCUT2D eigenvalue weighted by Crippen LogP contribution is -2.18. The maximum absolute atomic E-state index is 11.1. The summed E-state index contributed by atoms with van der Waals surface area (Å²) in [5.41, 5.74) is 0.321. The van der Waals surface area contributed by atoms with Gasteiger partial charge in [-0.2, -0.15) is 0 Å². The van der Waals surface area contributed by atoms with Crippen molar-refractivity contribution in [2.45, 2.75) is 6.61 Å². The fraction of sp³-hybridized carbons (Fsp3) is 0.143. The van der Waals surface area contributed by atoms with E-state index in [-0.39, 0.29) is 23.7 Å². The molecule has 0 N–H and O–H groups in total. The topological polar surface area (TPSA) is 98.8 Å². The molecule has 0 fully saturated rings. The van der Waals surface area contributed by atoms with Crippen LogP contribution in [-0.2, 0) is 11.4 Å². The van der Waals surface area contributed by atoms with Gasteiger partial charge >= 0.3 is 5.69 Å². The molecule has 0 aromatic heterocycles. The largest absolute Gasteiger partial charge is 0.301 e. The van der Waals surface area contributed by atoms with Gasteiger partial charge in [-0.25, -0.2) is 5.06 Å². The van der Waals surface area contributed by atoms with Gasteiger partial charge in [-0.05, 0) is 11.6 Å². The number of anilines is 1. The lowest BCUT2D eigenvalue weighted by molar-refractivity contribution is -0.393. The molecule has 0 aliphatic heterocycles. The highest BCUT2D eigenvalue weighted by molar-refractivity contribution is 5.65. The van der Waals surface area contributed by atoms with Gasteiger partial charge in [-0.1, -0.05) is 30.3 Å². The standard InChI is InChI=1S/C14H13N3O5/c1-15(22-10-11-5-3-2-4-6-11)13-8-7-12(16(18)19)9-14(13)17(20)21/h2-9H,10H2,1H3. The summed E-state index contributed by atoms with van der Waals surface area (Å²) >= 11 is 0. The van der Waals surface area contributed by atoms with Crippen LogP contribution in [0.25, 0.3) is 0 Å². The molecule has 0 atom stereocenters. The van der Waals surface area contributed by atoms with Gasteiger partial charge in [0.1, 0.15) is 5.69 Å². The molecule has 2 rings (SSSR count). The third-order valence-corrected chi connectivity index (χ3v) is 2.97. The fourth-order valence-corrected chi connectivity index (χ4v) is 1.85. The molecule has 2 aromatic rings. The summed E-state index contributed by atoms with van der Waals surface area (Å²) in [6, 6.07) is 12.7. The van der Waals surface area contributed by atoms with Crippen molar-refractivity contribution in [2.24, 2.45) is 0 Å². The Morgan fingerprint density at radius 3 is 2.32 bits per heavy atom. The van der Waals surface area contributed by atoms with Crippen LogP contribution in [0.2, 0.25) is 0 Å². The maximum Gasteiger partial charge on any atom is 0.301 e. The number of nitro groups is 2. The Balaban J connectivity index is 2.19. The van der Waals surface area contributed by atoms with Crippen molar-refractivity contribution < 1.29 is 14.7 Å². The molecule has 2 aromatic carbocycles. The van der Waals surface area contributed by atoms with E-state index < -0.39 is 9.85 Å². The highest BCUT2D eigenvalue weighted by atomic mass is 16.7. The van der Waals surface area contributed by atoms with E-state index in [2.05, 4.69) is 0 Å². The molecule has 0 bridgehead atoms. The van der Waals surface area contributed by atoms with Crippen LogP contribution in [0.4, 0.5) is 17.1 Å². The summed E-state index contributed by atoms with van der Waals surface area (Å²) in [6.45, 7) is 0.228. The van der Waals surface area contributed by atoms with Crippen molar-refractivity contribution in [3.8, 4) is 0 Å². The third kappa shape index (κ3) is 3.55. The predicted octanol–water partition coefficient (Wildman–Crippen LogP) is 3.07. The molecule has 0 amide bonds. The van der Waals surface area contributed by atoms with Crippen molar-refractivity contribution in [3.63, 3.8) is 0 Å². The van der Waals surface area contributed by atoms with Crippen LogP contribution in [0.1, 0.15) is 5.56 Å². The Hall–Kier alpha value is -3.00. The molecular weight excluding hydrogens is 290 g/mol. The molecule has 8 heteroatoms. The zero-order chi connectivity index (χ0) is 16.1. The first-order valence-electron chi connectivity index (χ1n) is 6.32. The van der Waals surface area contributed by atoms with Crippen LogP contribution in [0.5, 0.6) is 0 Å². The monoisotopic (exact) mass is 303 g/mol. The van der Waals surface area contributed by atoms with Crippen LogP contribution < -0.4 is 5.06 Å². The summed E-state index contributed by atoms with van der Waals surface area (Å²) < 4.78 is 0. The minimum atomic E-state index is -0.679. The lowest BCUT2D eigenvalue weighted by Gasteiger charge is -2.18. The average Bonchev–Trinajstić information content (AvgIpc) is 2.52. The van der Waals surface area contributed by atoms with Gasteiger partial charge < -0.3 is 0 Å². The molecule has 0 unspecified atom stereocenters. The van der Waals surface area contributed by atoms with Gasteiger partial charge in [-0.15, -0.1) is 0 Å². The van der Waals surface area contributed by atoms with E-state index in [1.54, 1.807) is 0 Å². The Morgan fingerprint density at radius 1 is 1.05 bits per heavy atom. The van der Waals surface area contributed by atoms with Gasteiger partial charge in [0, 0.05) is 13.1 Å². The van der Waals surface area contributed by atoms with Crippen molar-refractivity contribution in [3.05, 3.63) is 74.3 Å². The van der Waals surface area contributed by atoms with E-state index in [9.17, 15) is 20.2 Å². The summed E-state index contributed by atoms with van der Waals surface area (Å²) in [6.07, 6.45) is 0. The van der Waals surface area contributed by atoms with Crippen molar-refractivity contribution in [1.29, 1.82) is 0 Å². The van der Waals surface area contributed by atoms with Crippen LogP contribution >= 0.6 is 0 Å². The first-order valence-corrected chi connectivity index (χ1v) is 6.32. The first-order chi connectivity index (χ1) is 10.5. The van der Waals surface area contributed by atoms with E-state index in [4.69, 9.17) is 4.84 Å². The number of nitrogens with zero attached hydrogens (tertiary/aromatic N) is 3. The fourth-order valence-electron chi connectivity index (χ4n) is 1.85. The van der Waals surface area contributed by atoms with Crippen LogP contribution in [0, 0.1) is 20.2 Å². The number of benzene rings is 2. The van der Waals surface area contributed by atoms with Gasteiger partial charge in [0.05, 0.1) is 22.5 Å². The highest BCUT2D eigenvalue weighted by Gasteiger charge is 2.22. The van der Waals surface area contributed by atoms with E-state index in [0.29, 0.717) is 0 Å². The Morgan fingerprint density at radius 2 is 1.73 bits per heavy atom. The number of non-ortho nitro benzene ring substituents is 1. The summed E-state index contributed by atoms with van der Waals surface area (Å²) in [5, 5.41) is 23.0. The molecule has 0 saturated heterocycles. The Kier molecular flexibility index (Phi) is 4.64. The zero-order valence-electron chi connectivity index (χ0n) is 11.7. The maximum atomic E-state index is 11.1. The molecular formula is C14H13N3O5. The first kappa shape index (κ1) is 15.4. The van der Waals surface area contributed by atoms with Gasteiger partial charge in [0.15, 0.2) is 0 Å². The van der Waals surface area contributed by atoms with Crippen molar-refractivity contribution in [1.82, 2.24) is 0 Å². The summed E-state index contributed by atoms with van der Waals surface area (Å²) in [4.78, 5) is 25.9. The molecule has 0 saturated carbocycles. The molecule has 0 heterocycles. The van der Waals surface area contributed by atoms with Gasteiger partial charge in [0.2, 0.25) is 0 Å². The minimum Gasteiger partial charge on any atom is -0.269 e. The number of hydrogen-bond acceptors (Lipinski definition) is 6. The normalized spacial score (nSPS) is 10.2. The molecule has 0 aliphatic carbocycles. The lowest BCUT2D eigenvalue weighted by atomic mass is 10.2. The molecule has 0 radical (unpaired) electrons. The zero-order valence-corrected chi connectivity index (χ0v) is 11.7. The van der Waals surface area contributed by atoms with Crippen molar-refractivity contribution >= 4 is 17.1 Å². The van der Waals surface area contributed by atoms with E-state index in [1.807, 2.05) is 30.3 Å². The highest BCUT2D eigenvalue weighted by Crippen LogP contribution is 2.31. The second-order valence-corrected chi connectivity index (χ2v) is 4.44. The van der Waals surface area contributed by atoms with Crippen molar-refractivity contribution in [2.75, 3.05) is 12.1 Å². The van der Waals surface area contributed by atoms with Crippen LogP contribution in [-0.4, -0.2) is 16.9 Å². The molecule has 22 heavy (non-hydrogen) atoms. The SMILES string of the molecule is CN(OCc1ccccc1)c1ccc([N+](=O)[O-])cc1[N+](=O)[O-]. The van der Waals surface area contributed by atoms with Gasteiger partial charge in [-0.3, -0.25) is 25.1 Å². The number of rotatable bonds is 6. The molecule has 114 valence electrons. The van der Waals surface area contributed by atoms with Gasteiger partial charge in [0.25, 0.3) is 5.69 Å².